The second-order valence-corrected chi connectivity index (χ2v) is 6.57. The summed E-state index contributed by atoms with van der Waals surface area (Å²) in [7, 11) is 0. The summed E-state index contributed by atoms with van der Waals surface area (Å²) in [4.78, 5) is 8.25. The second-order valence-electron chi connectivity index (χ2n) is 5.62. The van der Waals surface area contributed by atoms with Crippen LogP contribution in [0.25, 0.3) is 10.8 Å². The van der Waals surface area contributed by atoms with E-state index in [1.807, 2.05) is 13.0 Å². The highest BCUT2D eigenvalue weighted by Gasteiger charge is 2.19. The molecule has 4 nitrogen and oxygen atoms in total. The van der Waals surface area contributed by atoms with Crippen molar-refractivity contribution in [3.8, 4) is 10.8 Å². The summed E-state index contributed by atoms with van der Waals surface area (Å²) in [5.41, 5.74) is 1.07. The van der Waals surface area contributed by atoms with Crippen molar-refractivity contribution in [1.82, 2.24) is 15.2 Å². The average molecular weight is 305 g/mol. The van der Waals surface area contributed by atoms with Crippen LogP contribution in [0.4, 0.5) is 0 Å². The van der Waals surface area contributed by atoms with Gasteiger partial charge in [-0.1, -0.05) is 13.0 Å². The lowest BCUT2D eigenvalue weighted by Gasteiger charge is -2.23. The van der Waals surface area contributed by atoms with Crippen molar-refractivity contribution in [3.05, 3.63) is 29.0 Å². The first kappa shape index (κ1) is 14.8. The molecule has 1 atom stereocenters. The Hall–Kier alpha value is -1.17. The summed E-state index contributed by atoms with van der Waals surface area (Å²) < 4.78 is 5.83. The predicted molar refractivity (Wildman–Crippen MR) is 86.5 cm³/mol. The Morgan fingerprint density at radius 2 is 2.43 bits per heavy atom. The van der Waals surface area contributed by atoms with Gasteiger partial charge in [-0.2, -0.15) is 0 Å². The maximum atomic E-state index is 5.83. The molecule has 1 aliphatic rings. The van der Waals surface area contributed by atoms with Crippen LogP contribution in [0, 0.1) is 6.92 Å². The maximum Gasteiger partial charge on any atom is 0.236 e. The van der Waals surface area contributed by atoms with Gasteiger partial charge in [0.1, 0.15) is 5.76 Å². The van der Waals surface area contributed by atoms with Crippen LogP contribution in [0.3, 0.4) is 0 Å². The zero-order valence-corrected chi connectivity index (χ0v) is 13.6. The lowest BCUT2D eigenvalue weighted by molar-refractivity contribution is 0.250. The first-order valence-corrected chi connectivity index (χ1v) is 8.60. The lowest BCUT2D eigenvalue weighted by atomic mass is 10.2. The molecule has 1 saturated heterocycles. The van der Waals surface area contributed by atoms with Crippen molar-refractivity contribution in [2.24, 2.45) is 0 Å². The number of aryl methyl sites for hydroxylation is 1. The first-order valence-electron chi connectivity index (χ1n) is 7.72. The van der Waals surface area contributed by atoms with Gasteiger partial charge < -0.3 is 9.73 Å². The van der Waals surface area contributed by atoms with Crippen molar-refractivity contribution in [3.63, 3.8) is 0 Å². The molecule has 1 aliphatic heterocycles. The number of aromatic nitrogens is 1. The van der Waals surface area contributed by atoms with Crippen LogP contribution in [-0.4, -0.2) is 35.6 Å². The fourth-order valence-electron chi connectivity index (χ4n) is 2.82. The average Bonchev–Trinajstić information content (AvgIpc) is 3.20. The van der Waals surface area contributed by atoms with E-state index in [1.165, 1.54) is 12.8 Å². The summed E-state index contributed by atoms with van der Waals surface area (Å²) in [5.74, 6) is 1.70. The third kappa shape index (κ3) is 3.54. The monoisotopic (exact) mass is 305 g/mol. The largest absolute Gasteiger partial charge is 0.440 e. The molecular formula is C16H23N3OS. The zero-order valence-electron chi connectivity index (χ0n) is 12.8. The standard InChI is InChI=1S/C16H23N3OS/c1-3-19(10-13-6-4-8-17-13)11-14-12(2)20-16(18-14)15-7-5-9-21-15/h5,7,9,13,17H,3-4,6,8,10-11H2,1-2H3. The van der Waals surface area contributed by atoms with Crippen LogP contribution in [0.2, 0.25) is 0 Å². The fraction of sp³-hybridized carbons (Fsp3) is 0.562. The van der Waals surface area contributed by atoms with Crippen molar-refractivity contribution in [2.45, 2.75) is 39.3 Å². The van der Waals surface area contributed by atoms with Gasteiger partial charge in [0.2, 0.25) is 5.89 Å². The van der Waals surface area contributed by atoms with Crippen LogP contribution in [0.1, 0.15) is 31.2 Å². The SMILES string of the molecule is CCN(Cc1nc(-c2cccs2)oc1C)CC1CCCN1. The van der Waals surface area contributed by atoms with E-state index in [2.05, 4.69) is 28.6 Å². The van der Waals surface area contributed by atoms with E-state index in [-0.39, 0.29) is 0 Å². The van der Waals surface area contributed by atoms with E-state index < -0.39 is 0 Å². The smallest absolute Gasteiger partial charge is 0.236 e. The third-order valence-corrected chi connectivity index (χ3v) is 4.94. The highest BCUT2D eigenvalue weighted by Crippen LogP contribution is 2.26. The van der Waals surface area contributed by atoms with Crippen molar-refractivity contribution in [1.29, 1.82) is 0 Å². The molecule has 1 fully saturated rings. The van der Waals surface area contributed by atoms with Gasteiger partial charge in [-0.25, -0.2) is 4.98 Å². The number of nitrogens with zero attached hydrogens (tertiary/aromatic N) is 2. The van der Waals surface area contributed by atoms with Gasteiger partial charge in [0.25, 0.3) is 0 Å². The molecule has 0 amide bonds. The van der Waals surface area contributed by atoms with Crippen molar-refractivity contribution >= 4 is 11.3 Å². The Labute approximate surface area is 130 Å². The quantitative estimate of drug-likeness (QED) is 0.889. The van der Waals surface area contributed by atoms with E-state index in [0.29, 0.717) is 6.04 Å². The Balaban J connectivity index is 1.68. The molecule has 0 aliphatic carbocycles. The highest BCUT2D eigenvalue weighted by molar-refractivity contribution is 7.13. The summed E-state index contributed by atoms with van der Waals surface area (Å²) >= 11 is 1.67. The van der Waals surface area contributed by atoms with Crippen LogP contribution in [0.5, 0.6) is 0 Å². The van der Waals surface area contributed by atoms with Gasteiger partial charge in [-0.05, 0) is 44.3 Å². The van der Waals surface area contributed by atoms with Gasteiger partial charge in [-0.15, -0.1) is 11.3 Å². The normalized spacial score (nSPS) is 18.7. The zero-order chi connectivity index (χ0) is 14.7. The molecule has 5 heteroatoms. The topological polar surface area (TPSA) is 41.3 Å². The second kappa shape index (κ2) is 6.73. The molecule has 2 aromatic heterocycles. The Morgan fingerprint density at radius 1 is 1.52 bits per heavy atom. The summed E-state index contributed by atoms with van der Waals surface area (Å²) in [6, 6.07) is 4.72. The number of likely N-dealkylation sites (N-methyl/N-ethyl adjacent to an activating group) is 1. The molecule has 1 unspecified atom stereocenters. The van der Waals surface area contributed by atoms with Crippen LogP contribution in [-0.2, 0) is 6.54 Å². The van der Waals surface area contributed by atoms with Gasteiger partial charge in [0.05, 0.1) is 10.6 Å². The molecule has 3 rings (SSSR count). The molecule has 114 valence electrons. The van der Waals surface area contributed by atoms with Gasteiger partial charge in [-0.3, -0.25) is 4.90 Å². The fourth-order valence-corrected chi connectivity index (χ4v) is 3.47. The molecule has 0 spiro atoms. The van der Waals surface area contributed by atoms with Gasteiger partial charge in [0, 0.05) is 19.1 Å². The summed E-state index contributed by atoms with van der Waals surface area (Å²) in [6.45, 7) is 8.39. The summed E-state index contributed by atoms with van der Waals surface area (Å²) in [5, 5.41) is 5.62. The number of oxazole rings is 1. The summed E-state index contributed by atoms with van der Waals surface area (Å²) in [6.07, 6.45) is 2.59. The molecule has 0 saturated carbocycles. The first-order chi connectivity index (χ1) is 10.3. The number of rotatable bonds is 6. The van der Waals surface area contributed by atoms with E-state index in [4.69, 9.17) is 9.40 Å². The lowest BCUT2D eigenvalue weighted by Crippen LogP contribution is -2.37. The number of nitrogens with one attached hydrogen (secondary N) is 1. The minimum Gasteiger partial charge on any atom is -0.440 e. The van der Waals surface area contributed by atoms with E-state index in [9.17, 15) is 0 Å². The molecule has 0 radical (unpaired) electrons. The maximum absolute atomic E-state index is 5.83. The minimum absolute atomic E-state index is 0.633. The Bertz CT molecular complexity index is 558. The Morgan fingerprint density at radius 3 is 3.10 bits per heavy atom. The molecule has 0 bridgehead atoms. The van der Waals surface area contributed by atoms with E-state index in [0.717, 1.165) is 48.4 Å². The number of hydrogen-bond acceptors (Lipinski definition) is 5. The molecule has 2 aromatic rings. The highest BCUT2D eigenvalue weighted by atomic mass is 32.1. The van der Waals surface area contributed by atoms with E-state index >= 15 is 0 Å². The minimum atomic E-state index is 0.633. The molecule has 1 N–H and O–H groups in total. The van der Waals surface area contributed by atoms with Gasteiger partial charge in [0.15, 0.2) is 0 Å². The molecular weight excluding hydrogens is 282 g/mol. The molecule has 21 heavy (non-hydrogen) atoms. The predicted octanol–water partition coefficient (Wildman–Crippen LogP) is 3.29. The van der Waals surface area contributed by atoms with Crippen LogP contribution < -0.4 is 5.32 Å². The van der Waals surface area contributed by atoms with Crippen molar-refractivity contribution in [2.75, 3.05) is 19.6 Å². The Kier molecular flexibility index (Phi) is 4.73. The van der Waals surface area contributed by atoms with Crippen molar-refractivity contribution < 1.29 is 4.42 Å². The number of thiophene rings is 1. The number of hydrogen-bond donors (Lipinski definition) is 1. The third-order valence-electron chi connectivity index (χ3n) is 4.09. The molecule has 3 heterocycles. The molecule has 0 aromatic carbocycles. The van der Waals surface area contributed by atoms with Gasteiger partial charge >= 0.3 is 0 Å². The van der Waals surface area contributed by atoms with E-state index in [1.54, 1.807) is 11.3 Å². The van der Waals surface area contributed by atoms with Crippen LogP contribution in [0.15, 0.2) is 21.9 Å². The van der Waals surface area contributed by atoms with Crippen LogP contribution >= 0.6 is 11.3 Å².